The summed E-state index contributed by atoms with van der Waals surface area (Å²) in [5.41, 5.74) is 0.233. The van der Waals surface area contributed by atoms with E-state index in [1.54, 1.807) is 26.0 Å². The molecule has 0 N–H and O–H groups in total. The number of halogens is 3. The molecule has 2 rings (SSSR count). The molecule has 0 bridgehead atoms. The van der Waals surface area contributed by atoms with Gasteiger partial charge in [-0.2, -0.15) is 4.39 Å². The van der Waals surface area contributed by atoms with Crippen LogP contribution in [0.3, 0.4) is 0 Å². The maximum absolute atomic E-state index is 13.8. The van der Waals surface area contributed by atoms with E-state index in [4.69, 9.17) is 4.74 Å². The van der Waals surface area contributed by atoms with Gasteiger partial charge in [-0.05, 0) is 23.0 Å². The van der Waals surface area contributed by atoms with Gasteiger partial charge in [-0.1, -0.05) is 44.2 Å². The molecule has 0 aromatic heterocycles. The van der Waals surface area contributed by atoms with Crippen LogP contribution in [-0.4, -0.2) is 25.0 Å². The van der Waals surface area contributed by atoms with Gasteiger partial charge in [0.05, 0.1) is 5.92 Å². The minimum atomic E-state index is -2.87. The van der Waals surface area contributed by atoms with Crippen molar-refractivity contribution >= 4 is 11.9 Å². The van der Waals surface area contributed by atoms with Gasteiger partial charge in [0, 0.05) is 0 Å². The molecule has 2 atom stereocenters. The van der Waals surface area contributed by atoms with Gasteiger partial charge in [-0.15, -0.1) is 0 Å². The fraction of sp³-hybridized carbons (Fsp3) is 0.444. The number of carbonyl (C=O) groups excluding carboxylic acids is 2. The number of hydrogen-bond donors (Lipinski definition) is 0. The lowest BCUT2D eigenvalue weighted by atomic mass is 10.1. The molecule has 7 heteroatoms. The van der Waals surface area contributed by atoms with E-state index in [0.717, 1.165) is 11.6 Å². The van der Waals surface area contributed by atoms with Crippen molar-refractivity contribution in [2.75, 3.05) is 6.61 Å². The van der Waals surface area contributed by atoms with Crippen molar-refractivity contribution in [2.24, 2.45) is 17.3 Å². The van der Waals surface area contributed by atoms with E-state index in [0.29, 0.717) is 0 Å². The monoisotopic (exact) mass is 356 g/mol. The van der Waals surface area contributed by atoms with Gasteiger partial charge in [-0.25, -0.2) is 13.6 Å². The molecule has 1 aromatic rings. The summed E-state index contributed by atoms with van der Waals surface area (Å²) in [6.07, 6.45) is -1.92. The summed E-state index contributed by atoms with van der Waals surface area (Å²) in [7, 11) is 0. The summed E-state index contributed by atoms with van der Waals surface area (Å²) in [6, 6.07) is 9.08. The van der Waals surface area contributed by atoms with Gasteiger partial charge in [0.2, 0.25) is 5.83 Å². The van der Waals surface area contributed by atoms with E-state index in [1.807, 2.05) is 18.2 Å². The maximum Gasteiger partial charge on any atom is 0.367 e. The zero-order chi connectivity index (χ0) is 18.6. The molecule has 1 fully saturated rings. The van der Waals surface area contributed by atoms with E-state index in [1.165, 1.54) is 0 Å². The number of carbonyl (C=O) groups is 2. The number of alkyl halides is 2. The second-order valence-corrected chi connectivity index (χ2v) is 6.42. The van der Waals surface area contributed by atoms with Crippen LogP contribution < -0.4 is 0 Å². The predicted octanol–water partition coefficient (Wildman–Crippen LogP) is 3.66. The Bertz CT molecular complexity index is 656. The van der Waals surface area contributed by atoms with Crippen molar-refractivity contribution in [3.63, 3.8) is 0 Å². The normalized spacial score (nSPS) is 21.8. The second kappa shape index (κ2) is 7.72. The standard InChI is InChI=1S/C18H19F3O4/c1-18(2)12(8-13(19)16(22)25-10-14(20)21)15(18)17(23)24-9-11-6-4-3-5-7-11/h3-8,12,14-15H,9-10H2,1-2H3/b13-8+/t12-,15-/m0/s1. The first-order valence-corrected chi connectivity index (χ1v) is 7.76. The first-order chi connectivity index (χ1) is 11.7. The number of benzene rings is 1. The highest BCUT2D eigenvalue weighted by molar-refractivity contribution is 5.87. The highest BCUT2D eigenvalue weighted by Gasteiger charge is 2.62. The highest BCUT2D eigenvalue weighted by Crippen LogP contribution is 2.60. The Balaban J connectivity index is 1.92. The molecule has 4 nitrogen and oxygen atoms in total. The van der Waals surface area contributed by atoms with E-state index >= 15 is 0 Å². The van der Waals surface area contributed by atoms with Gasteiger partial charge in [-0.3, -0.25) is 4.79 Å². The second-order valence-electron chi connectivity index (χ2n) is 6.42. The fourth-order valence-corrected chi connectivity index (χ4v) is 2.69. The number of allylic oxidation sites excluding steroid dienone is 1. The van der Waals surface area contributed by atoms with Crippen LogP contribution in [0.15, 0.2) is 42.2 Å². The maximum atomic E-state index is 13.8. The zero-order valence-corrected chi connectivity index (χ0v) is 13.9. The molecule has 1 saturated carbocycles. The lowest BCUT2D eigenvalue weighted by molar-refractivity contribution is -0.147. The molecular weight excluding hydrogens is 337 g/mol. The minimum absolute atomic E-state index is 0.0988. The molecular formula is C18H19F3O4. The average Bonchev–Trinajstić information content (AvgIpc) is 3.11. The zero-order valence-electron chi connectivity index (χ0n) is 13.9. The first-order valence-electron chi connectivity index (χ1n) is 7.76. The Labute approximate surface area is 143 Å². The summed E-state index contributed by atoms with van der Waals surface area (Å²) < 4.78 is 47.0. The van der Waals surface area contributed by atoms with Gasteiger partial charge in [0.1, 0.15) is 6.61 Å². The molecule has 0 heterocycles. The molecule has 1 aliphatic carbocycles. The van der Waals surface area contributed by atoms with Crippen LogP contribution in [-0.2, 0) is 25.7 Å². The van der Waals surface area contributed by atoms with Crippen LogP contribution in [0, 0.1) is 17.3 Å². The SMILES string of the molecule is CC1(C)[C@H](C(=O)OCc2ccccc2)[C@@H]1/C=C(/F)C(=O)OCC(F)F. The van der Waals surface area contributed by atoms with E-state index in [2.05, 4.69) is 4.74 Å². The van der Waals surface area contributed by atoms with Crippen LogP contribution >= 0.6 is 0 Å². The van der Waals surface area contributed by atoms with E-state index in [-0.39, 0.29) is 6.61 Å². The number of ether oxygens (including phenoxy) is 2. The van der Waals surface area contributed by atoms with Gasteiger partial charge < -0.3 is 9.47 Å². The van der Waals surface area contributed by atoms with Crippen LogP contribution in [0.2, 0.25) is 0 Å². The third-order valence-corrected chi connectivity index (χ3v) is 4.25. The van der Waals surface area contributed by atoms with Crippen molar-refractivity contribution in [3.05, 3.63) is 47.8 Å². The molecule has 0 amide bonds. The molecule has 1 aliphatic rings. The van der Waals surface area contributed by atoms with Gasteiger partial charge in [0.25, 0.3) is 6.43 Å². The molecule has 25 heavy (non-hydrogen) atoms. The summed E-state index contributed by atoms with van der Waals surface area (Å²) in [5, 5.41) is 0. The molecule has 1 aromatic carbocycles. The minimum Gasteiger partial charge on any atom is -0.461 e. The predicted molar refractivity (Wildman–Crippen MR) is 83.2 cm³/mol. The van der Waals surface area contributed by atoms with Crippen molar-refractivity contribution < 1.29 is 32.2 Å². The lowest BCUT2D eigenvalue weighted by Gasteiger charge is -2.05. The smallest absolute Gasteiger partial charge is 0.367 e. The van der Waals surface area contributed by atoms with Crippen molar-refractivity contribution in [3.8, 4) is 0 Å². The fourth-order valence-electron chi connectivity index (χ4n) is 2.69. The third-order valence-electron chi connectivity index (χ3n) is 4.25. The lowest BCUT2D eigenvalue weighted by Crippen LogP contribution is -2.12. The molecule has 0 radical (unpaired) electrons. The summed E-state index contributed by atoms with van der Waals surface area (Å²) in [6.45, 7) is 2.40. The molecule has 0 unspecified atom stereocenters. The molecule has 0 saturated heterocycles. The van der Waals surface area contributed by atoms with Crippen molar-refractivity contribution in [1.82, 2.24) is 0 Å². The molecule has 0 aliphatic heterocycles. The summed E-state index contributed by atoms with van der Waals surface area (Å²) in [5.74, 6) is -4.40. The topological polar surface area (TPSA) is 52.6 Å². The van der Waals surface area contributed by atoms with Gasteiger partial charge in [0.15, 0.2) is 6.61 Å². The van der Waals surface area contributed by atoms with Gasteiger partial charge >= 0.3 is 11.9 Å². The number of esters is 2. The first kappa shape index (κ1) is 19.0. The van der Waals surface area contributed by atoms with Crippen molar-refractivity contribution in [1.29, 1.82) is 0 Å². The Morgan fingerprint density at radius 1 is 1.20 bits per heavy atom. The number of rotatable bonds is 7. The van der Waals surface area contributed by atoms with E-state index < -0.39 is 48.0 Å². The Hall–Kier alpha value is -2.31. The molecule has 0 spiro atoms. The summed E-state index contributed by atoms with van der Waals surface area (Å²) in [4.78, 5) is 23.5. The Morgan fingerprint density at radius 2 is 1.84 bits per heavy atom. The summed E-state index contributed by atoms with van der Waals surface area (Å²) >= 11 is 0. The van der Waals surface area contributed by atoms with E-state index in [9.17, 15) is 22.8 Å². The third kappa shape index (κ3) is 4.84. The quantitative estimate of drug-likeness (QED) is 0.553. The molecule has 136 valence electrons. The van der Waals surface area contributed by atoms with Crippen LogP contribution in [0.1, 0.15) is 19.4 Å². The largest absolute Gasteiger partial charge is 0.461 e. The number of hydrogen-bond acceptors (Lipinski definition) is 4. The Kier molecular flexibility index (Phi) is 5.87. The van der Waals surface area contributed by atoms with Crippen LogP contribution in [0.5, 0.6) is 0 Å². The highest BCUT2D eigenvalue weighted by atomic mass is 19.3. The average molecular weight is 356 g/mol. The van der Waals surface area contributed by atoms with Crippen molar-refractivity contribution in [2.45, 2.75) is 26.9 Å². The van der Waals surface area contributed by atoms with Crippen LogP contribution in [0.25, 0.3) is 0 Å². The Morgan fingerprint density at radius 3 is 2.44 bits per heavy atom. The van der Waals surface area contributed by atoms with Crippen LogP contribution in [0.4, 0.5) is 13.2 Å².